The largest absolute Gasteiger partial charge is 0.509 e. The van der Waals surface area contributed by atoms with Gasteiger partial charge in [-0.1, -0.05) is 33.8 Å². The average Bonchev–Trinajstić information content (AvgIpc) is 3.83. The fourth-order valence-electron chi connectivity index (χ4n) is 8.19. The lowest BCUT2D eigenvalue weighted by Crippen LogP contribution is -2.60. The highest BCUT2D eigenvalue weighted by molar-refractivity contribution is 7.16. The molecule has 2 unspecified atom stereocenters. The van der Waals surface area contributed by atoms with E-state index in [4.69, 9.17) is 28.4 Å². The highest BCUT2D eigenvalue weighted by atomic mass is 32.1. The quantitative estimate of drug-likeness (QED) is 0.185. The normalized spacial score (nSPS) is 35.2. The van der Waals surface area contributed by atoms with E-state index in [-0.39, 0.29) is 37.4 Å². The number of fused-ring (bicyclic) bond motifs is 1. The van der Waals surface area contributed by atoms with Crippen LogP contribution in [0.2, 0.25) is 0 Å². The molecule has 16 heteroatoms. The van der Waals surface area contributed by atoms with Gasteiger partial charge in [-0.25, -0.2) is 9.59 Å². The molecule has 3 saturated heterocycles. The number of ketones is 2. The Morgan fingerprint density at radius 1 is 1.05 bits per heavy atom. The SMILES string of the molecule is CC[C@H]1OC(=O)[C@H](C)C(=O)[C@H](C)C(OC2O[C@H](C)C[C@H](N(C)C)[C@H]2O)[C@](C)(OC(=O)OC/C=C/c2ccc(-c3ccccn3)s2)C[C@@H](C)C(=O)[C@H](C)[C@@H]2NC(=O)O[C@@H]21. The number of carbonyl (C=O) groups is 5. The lowest BCUT2D eigenvalue weighted by atomic mass is 9.75. The molecular formula is C42H57N3O12S. The highest BCUT2D eigenvalue weighted by Gasteiger charge is 2.53. The average molecular weight is 828 g/mol. The number of amides is 1. The minimum atomic E-state index is -1.79. The molecule has 15 nitrogen and oxygen atoms in total. The maximum Gasteiger partial charge on any atom is 0.509 e. The van der Waals surface area contributed by atoms with Gasteiger partial charge in [0.25, 0.3) is 0 Å². The molecule has 3 aliphatic heterocycles. The first kappa shape index (κ1) is 44.9. The predicted molar refractivity (Wildman–Crippen MR) is 213 cm³/mol. The van der Waals surface area contributed by atoms with Crippen LogP contribution in [0.25, 0.3) is 16.6 Å². The molecule has 0 aliphatic carbocycles. The molecule has 13 atom stereocenters. The lowest BCUT2D eigenvalue weighted by molar-refractivity contribution is -0.293. The molecule has 2 N–H and O–H groups in total. The first-order chi connectivity index (χ1) is 27.4. The molecule has 58 heavy (non-hydrogen) atoms. The molecule has 0 aromatic carbocycles. The number of aliphatic hydroxyl groups is 1. The summed E-state index contributed by atoms with van der Waals surface area (Å²) in [5, 5.41) is 14.2. The monoisotopic (exact) mass is 827 g/mol. The van der Waals surface area contributed by atoms with Crippen molar-refractivity contribution in [3.8, 4) is 10.6 Å². The van der Waals surface area contributed by atoms with Crippen LogP contribution in [-0.2, 0) is 42.8 Å². The van der Waals surface area contributed by atoms with Gasteiger partial charge in [0.05, 0.1) is 22.7 Å². The van der Waals surface area contributed by atoms with Gasteiger partial charge in [0.2, 0.25) is 0 Å². The molecule has 5 heterocycles. The van der Waals surface area contributed by atoms with Crippen LogP contribution in [0.15, 0.2) is 42.6 Å². The van der Waals surface area contributed by atoms with Gasteiger partial charge in [0.15, 0.2) is 18.2 Å². The number of nitrogens with one attached hydrogen (secondary N) is 1. The highest BCUT2D eigenvalue weighted by Crippen LogP contribution is 2.39. The first-order valence-corrected chi connectivity index (χ1v) is 20.7. The van der Waals surface area contributed by atoms with E-state index in [1.54, 1.807) is 39.1 Å². The topological polar surface area (TPSA) is 189 Å². The van der Waals surface area contributed by atoms with Crippen LogP contribution in [0, 0.1) is 23.7 Å². The second kappa shape index (κ2) is 19.2. The van der Waals surface area contributed by atoms with Crippen LogP contribution in [0.1, 0.15) is 72.6 Å². The summed E-state index contributed by atoms with van der Waals surface area (Å²) in [6, 6.07) is 8.30. The maximum absolute atomic E-state index is 14.3. The molecule has 2 aromatic heterocycles. The summed E-state index contributed by atoms with van der Waals surface area (Å²) in [5.41, 5.74) is -0.951. The fraction of sp³-hybridized carbons (Fsp3) is 0.619. The van der Waals surface area contributed by atoms with Gasteiger partial charge in [0, 0.05) is 34.9 Å². The summed E-state index contributed by atoms with van der Waals surface area (Å²) in [4.78, 5) is 76.6. The number of pyridine rings is 1. The summed E-state index contributed by atoms with van der Waals surface area (Å²) >= 11 is 1.51. The number of rotatable bonds is 9. The van der Waals surface area contributed by atoms with Crippen molar-refractivity contribution in [2.24, 2.45) is 23.7 Å². The number of esters is 1. The van der Waals surface area contributed by atoms with Crippen molar-refractivity contribution in [3.05, 3.63) is 47.5 Å². The number of likely N-dealkylation sites (N-methyl/N-ethyl adjacent to an activating group) is 1. The van der Waals surface area contributed by atoms with Crippen molar-refractivity contribution < 1.29 is 57.5 Å². The number of cyclic esters (lactones) is 1. The van der Waals surface area contributed by atoms with Crippen molar-refractivity contribution in [2.45, 2.75) is 122 Å². The first-order valence-electron chi connectivity index (χ1n) is 19.9. The Morgan fingerprint density at radius 3 is 2.47 bits per heavy atom. The predicted octanol–water partition coefficient (Wildman–Crippen LogP) is 5.43. The Hall–Kier alpha value is -4.22. The van der Waals surface area contributed by atoms with Crippen LogP contribution in [0.5, 0.6) is 0 Å². The minimum Gasteiger partial charge on any atom is -0.458 e. The van der Waals surface area contributed by atoms with E-state index in [1.165, 1.54) is 32.1 Å². The molecule has 3 fully saturated rings. The van der Waals surface area contributed by atoms with Crippen molar-refractivity contribution in [1.82, 2.24) is 15.2 Å². The molecule has 0 spiro atoms. The Bertz CT molecular complexity index is 1800. The number of aromatic nitrogens is 1. The van der Waals surface area contributed by atoms with Crippen LogP contribution >= 0.6 is 11.3 Å². The van der Waals surface area contributed by atoms with E-state index in [9.17, 15) is 29.1 Å². The smallest absolute Gasteiger partial charge is 0.458 e. The van der Waals surface area contributed by atoms with E-state index in [1.807, 2.05) is 56.3 Å². The molecular weight excluding hydrogens is 771 g/mol. The summed E-state index contributed by atoms with van der Waals surface area (Å²) in [5.74, 6) is -5.98. The summed E-state index contributed by atoms with van der Waals surface area (Å²) in [6.07, 6.45) is -2.29. The number of hydrogen-bond donors (Lipinski definition) is 2. The Labute approximate surface area is 343 Å². The molecule has 0 bridgehead atoms. The Kier molecular flexibility index (Phi) is 14.9. The van der Waals surface area contributed by atoms with Crippen LogP contribution < -0.4 is 5.32 Å². The molecule has 3 aliphatic rings. The summed E-state index contributed by atoms with van der Waals surface area (Å²) in [7, 11) is 3.64. The molecule has 5 rings (SSSR count). The van der Waals surface area contributed by atoms with Crippen LogP contribution in [0.3, 0.4) is 0 Å². The van der Waals surface area contributed by atoms with E-state index in [0.717, 1.165) is 15.4 Å². The van der Waals surface area contributed by atoms with Crippen molar-refractivity contribution in [3.63, 3.8) is 0 Å². The third-order valence-electron chi connectivity index (χ3n) is 11.4. The van der Waals surface area contributed by atoms with Gasteiger partial charge in [-0.2, -0.15) is 0 Å². The summed E-state index contributed by atoms with van der Waals surface area (Å²) in [6.45, 7) is 11.2. The molecule has 2 aromatic rings. The van der Waals surface area contributed by atoms with E-state index < -0.39 is 90.0 Å². The number of carbonyl (C=O) groups excluding carboxylic acids is 5. The van der Waals surface area contributed by atoms with Crippen molar-refractivity contribution in [2.75, 3.05) is 20.7 Å². The number of hydrogen-bond acceptors (Lipinski definition) is 15. The molecule has 0 radical (unpaired) electrons. The van der Waals surface area contributed by atoms with Crippen molar-refractivity contribution in [1.29, 1.82) is 0 Å². The van der Waals surface area contributed by atoms with Crippen molar-refractivity contribution >= 4 is 47.2 Å². The fourth-order valence-corrected chi connectivity index (χ4v) is 9.10. The van der Waals surface area contributed by atoms with Gasteiger partial charge in [-0.15, -0.1) is 11.3 Å². The maximum atomic E-state index is 14.3. The number of alkyl carbamates (subject to hydrolysis) is 1. The number of thiophene rings is 1. The zero-order valence-electron chi connectivity index (χ0n) is 34.6. The number of Topliss-reactive ketones (excluding diaryl/α,β-unsaturated/α-hetero) is 2. The van der Waals surface area contributed by atoms with Gasteiger partial charge in [-0.05, 0) is 90.5 Å². The van der Waals surface area contributed by atoms with E-state index in [2.05, 4.69) is 10.3 Å². The zero-order chi connectivity index (χ0) is 42.5. The second-order valence-corrected chi connectivity index (χ2v) is 17.2. The third kappa shape index (κ3) is 10.3. The number of ether oxygens (including phenoxy) is 6. The van der Waals surface area contributed by atoms with Crippen LogP contribution in [-0.4, -0.2) is 120 Å². The number of aliphatic hydroxyl groups excluding tert-OH is 1. The van der Waals surface area contributed by atoms with E-state index >= 15 is 0 Å². The van der Waals surface area contributed by atoms with Gasteiger partial charge >= 0.3 is 18.2 Å². The minimum absolute atomic E-state index is 0.173. The van der Waals surface area contributed by atoms with Gasteiger partial charge in [0.1, 0.15) is 42.2 Å². The molecule has 0 saturated carbocycles. The van der Waals surface area contributed by atoms with Gasteiger partial charge in [-0.3, -0.25) is 19.4 Å². The molecule has 1 amide bonds. The van der Waals surface area contributed by atoms with E-state index in [0.29, 0.717) is 6.42 Å². The zero-order valence-corrected chi connectivity index (χ0v) is 35.4. The van der Waals surface area contributed by atoms with Gasteiger partial charge < -0.3 is 43.7 Å². The Morgan fingerprint density at radius 2 is 1.79 bits per heavy atom. The second-order valence-electron chi connectivity index (χ2n) is 16.1. The molecule has 318 valence electrons. The van der Waals surface area contributed by atoms with Crippen LogP contribution in [0.4, 0.5) is 9.59 Å². The number of nitrogens with zero attached hydrogens (tertiary/aromatic N) is 2. The lowest BCUT2D eigenvalue weighted by Gasteiger charge is -2.46. The standard InChI is InChI=1S/C42H57N3O12S/c1-10-30-36-32(44-40(50)55-36)24(4)33(46)22(2)21-42(7,57-41(51)52-19-13-14-27-16-17-31(58-27)28-15-11-12-18-43-28)37(25(5)34(47)26(6)38(49)54-30)56-39-35(48)29(45(8)9)20-23(3)53-39/h11-18,22-26,29-30,32,35-37,39,48H,10,19-21H2,1-9H3,(H,44,50)/b14-13+/t22-,23-,24-,25+,26-,29+,30-,32+,35-,36-,37?,39?,42-/m1/s1. The third-order valence-corrected chi connectivity index (χ3v) is 12.5. The summed E-state index contributed by atoms with van der Waals surface area (Å²) < 4.78 is 35.7. The Balaban J connectivity index is 1.47.